The first-order valence-corrected chi connectivity index (χ1v) is 9.14. The van der Waals surface area contributed by atoms with Crippen LogP contribution in [0.4, 0.5) is 0 Å². The van der Waals surface area contributed by atoms with Gasteiger partial charge in [0.05, 0.1) is 32.6 Å². The molecule has 0 radical (unpaired) electrons. The normalized spacial score (nSPS) is 16.5. The van der Waals surface area contributed by atoms with Crippen molar-refractivity contribution in [3.63, 3.8) is 0 Å². The Morgan fingerprint density at radius 1 is 0.806 bits per heavy atom. The van der Waals surface area contributed by atoms with E-state index in [4.69, 9.17) is 4.74 Å². The minimum absolute atomic E-state index is 0.0787. The zero-order valence-corrected chi connectivity index (χ0v) is 16.5. The molecule has 0 aromatic carbocycles. The number of amides is 5. The highest BCUT2D eigenvalue weighted by Gasteiger charge is 2.24. The number of carbonyl (C=O) groups excluding carboxylic acids is 5. The summed E-state index contributed by atoms with van der Waals surface area (Å²) in [6.07, 6.45) is 13.0. The zero-order chi connectivity index (χ0) is 22.6. The Labute approximate surface area is 177 Å². The third kappa shape index (κ3) is 7.66. The number of ether oxygens (including phenoxy) is 1. The molecule has 0 aliphatic carbocycles. The van der Waals surface area contributed by atoms with Gasteiger partial charge in [-0.25, -0.2) is 4.98 Å². The van der Waals surface area contributed by atoms with Gasteiger partial charge in [0.15, 0.2) is 0 Å². The molecule has 0 bridgehead atoms. The van der Waals surface area contributed by atoms with Gasteiger partial charge < -0.3 is 15.0 Å². The number of hydrogen-bond acceptors (Lipinski definition) is 7. The molecule has 3 aliphatic heterocycles. The number of hydrogen-bond donors (Lipinski definition) is 2. The summed E-state index contributed by atoms with van der Waals surface area (Å²) >= 11 is 0. The molecule has 0 atom stereocenters. The molecule has 11 nitrogen and oxygen atoms in total. The highest BCUT2D eigenvalue weighted by Crippen LogP contribution is 2.04. The van der Waals surface area contributed by atoms with Crippen LogP contribution in [0, 0.1) is 0 Å². The van der Waals surface area contributed by atoms with Crippen LogP contribution in [-0.4, -0.2) is 75.6 Å². The number of imidazole rings is 1. The Bertz CT molecular complexity index is 819. The first-order chi connectivity index (χ1) is 14.9. The molecular formula is C20H21N5O6. The maximum absolute atomic E-state index is 11.2. The van der Waals surface area contributed by atoms with Gasteiger partial charge in [0, 0.05) is 48.5 Å². The first kappa shape index (κ1) is 23.2. The van der Waals surface area contributed by atoms with E-state index < -0.39 is 0 Å². The standard InChI is InChI=1S/C12H12N2O5.C5H5NO.C3H4N2/c15-9-1-2-10(16)13(9)5-7-19-8-6-14-11(17)3-4-12(14)18;1-4-2-3-5(7)6-4;1-2-5-3-4-1/h1-4H,5-8H2;2-3H,1H2,(H,6,7);1-3H,(H,4,5). The second-order valence-electron chi connectivity index (χ2n) is 6.04. The quantitative estimate of drug-likeness (QED) is 0.458. The fourth-order valence-electron chi connectivity index (χ4n) is 2.35. The summed E-state index contributed by atoms with van der Waals surface area (Å²) in [7, 11) is 0. The van der Waals surface area contributed by atoms with Crippen molar-refractivity contribution in [2.45, 2.75) is 0 Å². The number of nitrogens with zero attached hydrogens (tertiary/aromatic N) is 3. The highest BCUT2D eigenvalue weighted by molar-refractivity contribution is 6.13. The van der Waals surface area contributed by atoms with Crippen LogP contribution in [0.2, 0.25) is 0 Å². The third-order valence-corrected chi connectivity index (χ3v) is 3.85. The van der Waals surface area contributed by atoms with Gasteiger partial charge in [-0.3, -0.25) is 33.8 Å². The van der Waals surface area contributed by atoms with Crippen molar-refractivity contribution in [1.82, 2.24) is 25.1 Å². The van der Waals surface area contributed by atoms with Crippen molar-refractivity contribution in [2.75, 3.05) is 26.3 Å². The van der Waals surface area contributed by atoms with E-state index in [-0.39, 0.29) is 55.8 Å². The predicted molar refractivity (Wildman–Crippen MR) is 108 cm³/mol. The fraction of sp³-hybridized carbons (Fsp3) is 0.200. The summed E-state index contributed by atoms with van der Waals surface area (Å²) in [6, 6.07) is 0. The van der Waals surface area contributed by atoms with Crippen LogP contribution in [0.1, 0.15) is 0 Å². The van der Waals surface area contributed by atoms with Crippen molar-refractivity contribution in [1.29, 1.82) is 0 Å². The summed E-state index contributed by atoms with van der Waals surface area (Å²) in [5.74, 6) is -1.51. The number of nitrogens with one attached hydrogen (secondary N) is 2. The molecule has 0 unspecified atom stereocenters. The Kier molecular flexibility index (Phi) is 8.80. The van der Waals surface area contributed by atoms with Crippen LogP contribution < -0.4 is 5.32 Å². The molecule has 4 heterocycles. The molecule has 5 amide bonds. The first-order valence-electron chi connectivity index (χ1n) is 9.14. The molecule has 3 aliphatic rings. The summed E-state index contributed by atoms with van der Waals surface area (Å²) in [4.78, 5) is 63.5. The van der Waals surface area contributed by atoms with E-state index in [1.807, 2.05) is 0 Å². The predicted octanol–water partition coefficient (Wildman–Crippen LogP) is -0.551. The van der Waals surface area contributed by atoms with Gasteiger partial charge in [0.2, 0.25) is 5.91 Å². The van der Waals surface area contributed by atoms with E-state index in [9.17, 15) is 24.0 Å². The largest absolute Gasteiger partial charge is 0.378 e. The number of carbonyl (C=O) groups is 5. The Morgan fingerprint density at radius 3 is 1.58 bits per heavy atom. The molecule has 162 valence electrons. The third-order valence-electron chi connectivity index (χ3n) is 3.85. The fourth-order valence-corrected chi connectivity index (χ4v) is 2.35. The average Bonchev–Trinajstić information content (AvgIpc) is 3.53. The van der Waals surface area contributed by atoms with E-state index in [2.05, 4.69) is 21.9 Å². The molecule has 1 aromatic rings. The van der Waals surface area contributed by atoms with Crippen molar-refractivity contribution >= 4 is 29.5 Å². The Balaban J connectivity index is 0.000000229. The van der Waals surface area contributed by atoms with Crippen LogP contribution in [0.3, 0.4) is 0 Å². The van der Waals surface area contributed by atoms with E-state index in [0.29, 0.717) is 5.70 Å². The van der Waals surface area contributed by atoms with E-state index >= 15 is 0 Å². The highest BCUT2D eigenvalue weighted by atomic mass is 16.5. The van der Waals surface area contributed by atoms with Gasteiger partial charge in [0.1, 0.15) is 0 Å². The van der Waals surface area contributed by atoms with Crippen molar-refractivity contribution in [2.24, 2.45) is 0 Å². The van der Waals surface area contributed by atoms with Crippen LogP contribution in [0.25, 0.3) is 0 Å². The van der Waals surface area contributed by atoms with Gasteiger partial charge in [-0.1, -0.05) is 6.58 Å². The summed E-state index contributed by atoms with van der Waals surface area (Å²) in [6.45, 7) is 4.14. The number of imide groups is 2. The lowest BCUT2D eigenvalue weighted by molar-refractivity contribution is -0.137. The zero-order valence-electron chi connectivity index (χ0n) is 16.5. The van der Waals surface area contributed by atoms with Crippen LogP contribution in [0.5, 0.6) is 0 Å². The summed E-state index contributed by atoms with van der Waals surface area (Å²) in [5.41, 5.74) is 0.671. The van der Waals surface area contributed by atoms with Crippen LogP contribution in [-0.2, 0) is 28.7 Å². The lowest BCUT2D eigenvalue weighted by atomic mass is 10.5. The van der Waals surface area contributed by atoms with Gasteiger partial charge in [-0.05, 0) is 6.08 Å². The SMILES string of the molecule is C=C1C=CC(=O)N1.O=C1C=CC(=O)N1CCOCCN1C(=O)C=CC1=O.c1c[nH]cn1. The molecule has 0 spiro atoms. The number of allylic oxidation sites excluding steroid dienone is 1. The molecule has 0 fully saturated rings. The van der Waals surface area contributed by atoms with Gasteiger partial charge >= 0.3 is 0 Å². The number of aromatic nitrogens is 2. The van der Waals surface area contributed by atoms with E-state index in [0.717, 1.165) is 9.80 Å². The van der Waals surface area contributed by atoms with Gasteiger partial charge in [-0.15, -0.1) is 0 Å². The maximum atomic E-state index is 11.2. The maximum Gasteiger partial charge on any atom is 0.253 e. The minimum atomic E-state index is -0.359. The summed E-state index contributed by atoms with van der Waals surface area (Å²) in [5, 5.41) is 2.47. The lowest BCUT2D eigenvalue weighted by Crippen LogP contribution is -2.35. The number of aromatic amines is 1. The van der Waals surface area contributed by atoms with Crippen LogP contribution >= 0.6 is 0 Å². The average molecular weight is 427 g/mol. The van der Waals surface area contributed by atoms with Crippen LogP contribution in [0.15, 0.2) is 67.5 Å². The minimum Gasteiger partial charge on any atom is -0.378 e. The molecule has 1 aromatic heterocycles. The second kappa shape index (κ2) is 11.8. The topological polar surface area (TPSA) is 142 Å². The van der Waals surface area contributed by atoms with Crippen molar-refractivity contribution in [3.8, 4) is 0 Å². The molecule has 0 saturated heterocycles. The smallest absolute Gasteiger partial charge is 0.253 e. The lowest BCUT2D eigenvalue weighted by Gasteiger charge is -2.16. The monoisotopic (exact) mass is 427 g/mol. The second-order valence-corrected chi connectivity index (χ2v) is 6.04. The van der Waals surface area contributed by atoms with Crippen molar-refractivity contribution < 1.29 is 28.7 Å². The molecule has 0 saturated carbocycles. The summed E-state index contributed by atoms with van der Waals surface area (Å²) < 4.78 is 5.20. The van der Waals surface area contributed by atoms with Gasteiger partial charge in [-0.2, -0.15) is 0 Å². The van der Waals surface area contributed by atoms with E-state index in [1.165, 1.54) is 30.4 Å². The molecule has 31 heavy (non-hydrogen) atoms. The number of rotatable bonds is 6. The Morgan fingerprint density at radius 2 is 1.32 bits per heavy atom. The molecule has 2 N–H and O–H groups in total. The molecule has 11 heteroatoms. The molecular weight excluding hydrogens is 406 g/mol. The Hall–Kier alpha value is -4.12. The molecule has 4 rings (SSSR count). The van der Waals surface area contributed by atoms with E-state index in [1.54, 1.807) is 24.8 Å². The number of H-pyrrole nitrogens is 1. The van der Waals surface area contributed by atoms with Gasteiger partial charge in [0.25, 0.3) is 23.6 Å². The van der Waals surface area contributed by atoms with Crippen molar-refractivity contribution in [3.05, 3.63) is 67.5 Å².